The fourth-order valence-corrected chi connectivity index (χ4v) is 2.08. The van der Waals surface area contributed by atoms with E-state index in [4.69, 9.17) is 10.5 Å². The Morgan fingerprint density at radius 1 is 1.33 bits per heavy atom. The molecule has 0 atom stereocenters. The number of nitrogens with one attached hydrogen (secondary N) is 1. The molecular weight excluding hydrogens is 341 g/mol. The predicted molar refractivity (Wildman–Crippen MR) is 81.7 cm³/mol. The van der Waals surface area contributed by atoms with E-state index < -0.39 is 0 Å². The van der Waals surface area contributed by atoms with E-state index in [1.807, 2.05) is 30.3 Å². The molecule has 1 heterocycles. The van der Waals surface area contributed by atoms with Crippen LogP contribution in [0.1, 0.15) is 5.56 Å². The van der Waals surface area contributed by atoms with Gasteiger partial charge in [0.15, 0.2) is 0 Å². The lowest BCUT2D eigenvalue weighted by molar-refractivity contribution is 0.397. The molecule has 0 fully saturated rings. The van der Waals surface area contributed by atoms with Gasteiger partial charge in [-0.25, -0.2) is 4.98 Å². The summed E-state index contributed by atoms with van der Waals surface area (Å²) in [5.74, 6) is 0.616. The molecule has 1 aromatic heterocycles. The van der Waals surface area contributed by atoms with Gasteiger partial charge in [0.25, 0.3) is 0 Å². The maximum absolute atomic E-state index is 5.94. The Morgan fingerprint density at radius 2 is 2.17 bits per heavy atom. The van der Waals surface area contributed by atoms with Gasteiger partial charge >= 0.3 is 0 Å². The predicted octanol–water partition coefficient (Wildman–Crippen LogP) is 2.89. The van der Waals surface area contributed by atoms with Gasteiger partial charge < -0.3 is 15.8 Å². The van der Waals surface area contributed by atoms with Crippen LogP contribution >= 0.6 is 22.6 Å². The summed E-state index contributed by atoms with van der Waals surface area (Å²) in [7, 11) is 1.61. The molecule has 5 heteroatoms. The van der Waals surface area contributed by atoms with Crippen molar-refractivity contribution in [2.24, 2.45) is 0 Å². The van der Waals surface area contributed by atoms with Crippen LogP contribution in [0.4, 0.5) is 11.4 Å². The van der Waals surface area contributed by atoms with Crippen LogP contribution < -0.4 is 15.8 Å². The van der Waals surface area contributed by atoms with Crippen LogP contribution in [-0.4, -0.2) is 12.1 Å². The van der Waals surface area contributed by atoms with Gasteiger partial charge in [0, 0.05) is 22.4 Å². The minimum Gasteiger partial charge on any atom is -0.481 e. The second kappa shape index (κ2) is 5.90. The number of nitrogens with zero attached hydrogens (tertiary/aromatic N) is 1. The molecule has 0 aliphatic rings. The van der Waals surface area contributed by atoms with Gasteiger partial charge in [-0.15, -0.1) is 0 Å². The summed E-state index contributed by atoms with van der Waals surface area (Å²) in [6, 6.07) is 9.78. The Labute approximate surface area is 120 Å². The monoisotopic (exact) mass is 355 g/mol. The van der Waals surface area contributed by atoms with Crippen molar-refractivity contribution >= 4 is 34.0 Å². The van der Waals surface area contributed by atoms with Crippen molar-refractivity contribution < 1.29 is 4.74 Å². The number of hydrogen-bond donors (Lipinski definition) is 2. The number of pyridine rings is 1. The molecule has 2 aromatic rings. The fraction of sp³-hybridized carbons (Fsp3) is 0.154. The van der Waals surface area contributed by atoms with Gasteiger partial charge in [-0.3, -0.25) is 0 Å². The first-order chi connectivity index (χ1) is 8.69. The Bertz CT molecular complexity index is 546. The normalized spacial score (nSPS) is 10.1. The van der Waals surface area contributed by atoms with E-state index in [1.165, 1.54) is 0 Å². The summed E-state index contributed by atoms with van der Waals surface area (Å²) < 4.78 is 6.21. The van der Waals surface area contributed by atoms with Gasteiger partial charge in [0.2, 0.25) is 5.88 Å². The van der Waals surface area contributed by atoms with Gasteiger partial charge in [0.05, 0.1) is 18.5 Å². The van der Waals surface area contributed by atoms with Crippen molar-refractivity contribution in [2.75, 3.05) is 18.2 Å². The van der Waals surface area contributed by atoms with Crippen LogP contribution in [0.25, 0.3) is 0 Å². The molecule has 0 spiro atoms. The highest BCUT2D eigenvalue weighted by Gasteiger charge is 2.01. The number of halogens is 1. The third kappa shape index (κ3) is 3.25. The third-order valence-electron chi connectivity index (χ3n) is 2.50. The van der Waals surface area contributed by atoms with Gasteiger partial charge in [-0.1, -0.05) is 0 Å². The lowest BCUT2D eigenvalue weighted by Crippen LogP contribution is -2.03. The van der Waals surface area contributed by atoms with E-state index in [0.717, 1.165) is 20.5 Å². The molecule has 0 saturated carbocycles. The molecule has 18 heavy (non-hydrogen) atoms. The van der Waals surface area contributed by atoms with Crippen LogP contribution in [0.5, 0.6) is 5.88 Å². The number of ether oxygens (including phenoxy) is 1. The number of methoxy groups -OCH3 is 1. The number of nitrogens with two attached hydrogens (primary N) is 1. The molecular formula is C13H14IN3O. The second-order valence-electron chi connectivity index (χ2n) is 3.79. The molecule has 0 saturated heterocycles. The van der Waals surface area contributed by atoms with Crippen molar-refractivity contribution in [1.82, 2.24) is 4.98 Å². The van der Waals surface area contributed by atoms with Crippen molar-refractivity contribution in [2.45, 2.75) is 6.54 Å². The first kappa shape index (κ1) is 12.9. The highest BCUT2D eigenvalue weighted by molar-refractivity contribution is 14.1. The van der Waals surface area contributed by atoms with E-state index >= 15 is 0 Å². The highest BCUT2D eigenvalue weighted by atomic mass is 127. The second-order valence-corrected chi connectivity index (χ2v) is 5.04. The molecule has 0 bridgehead atoms. The van der Waals surface area contributed by atoms with Crippen molar-refractivity contribution in [3.8, 4) is 5.88 Å². The molecule has 94 valence electrons. The van der Waals surface area contributed by atoms with Crippen LogP contribution in [-0.2, 0) is 6.54 Å². The molecule has 3 N–H and O–H groups in total. The first-order valence-corrected chi connectivity index (χ1v) is 6.55. The average molecular weight is 355 g/mol. The Kier molecular flexibility index (Phi) is 4.24. The molecule has 0 amide bonds. The highest BCUT2D eigenvalue weighted by Crippen LogP contribution is 2.21. The summed E-state index contributed by atoms with van der Waals surface area (Å²) in [4.78, 5) is 4.07. The van der Waals surface area contributed by atoms with Gasteiger partial charge in [0.1, 0.15) is 0 Å². The molecule has 2 rings (SSSR count). The van der Waals surface area contributed by atoms with E-state index in [1.54, 1.807) is 13.3 Å². The minimum absolute atomic E-state index is 0.616. The minimum atomic E-state index is 0.616. The summed E-state index contributed by atoms with van der Waals surface area (Å²) in [6.07, 6.45) is 1.73. The molecule has 4 nitrogen and oxygen atoms in total. The van der Waals surface area contributed by atoms with Crippen LogP contribution in [0.3, 0.4) is 0 Å². The number of rotatable bonds is 4. The molecule has 0 aliphatic carbocycles. The van der Waals surface area contributed by atoms with Crippen molar-refractivity contribution in [3.05, 3.63) is 45.7 Å². The topological polar surface area (TPSA) is 60.2 Å². The standard InChI is InChI=1S/C13H14IN3O/c1-18-13-6-9(4-5-16-13)8-17-12-3-2-10(14)7-11(12)15/h2-7,17H,8,15H2,1H3. The average Bonchev–Trinajstić information content (AvgIpc) is 2.38. The Hall–Kier alpha value is -1.50. The Balaban J connectivity index is 2.06. The van der Waals surface area contributed by atoms with Crippen molar-refractivity contribution in [3.63, 3.8) is 0 Å². The number of anilines is 2. The summed E-state index contributed by atoms with van der Waals surface area (Å²) in [6.45, 7) is 0.684. The zero-order chi connectivity index (χ0) is 13.0. The first-order valence-electron chi connectivity index (χ1n) is 5.47. The summed E-state index contributed by atoms with van der Waals surface area (Å²) in [5.41, 5.74) is 8.72. The summed E-state index contributed by atoms with van der Waals surface area (Å²) in [5, 5.41) is 3.30. The quantitative estimate of drug-likeness (QED) is 0.654. The zero-order valence-electron chi connectivity index (χ0n) is 9.98. The van der Waals surface area contributed by atoms with Crippen LogP contribution in [0, 0.1) is 3.57 Å². The number of nitrogen functional groups attached to an aromatic ring is 1. The number of benzene rings is 1. The lowest BCUT2D eigenvalue weighted by atomic mass is 10.2. The van der Waals surface area contributed by atoms with E-state index in [0.29, 0.717) is 12.4 Å². The smallest absolute Gasteiger partial charge is 0.213 e. The van der Waals surface area contributed by atoms with Gasteiger partial charge in [-0.05, 0) is 52.4 Å². The largest absolute Gasteiger partial charge is 0.481 e. The number of aromatic nitrogens is 1. The lowest BCUT2D eigenvalue weighted by Gasteiger charge is -2.10. The van der Waals surface area contributed by atoms with E-state index in [2.05, 4.69) is 32.9 Å². The van der Waals surface area contributed by atoms with Crippen LogP contribution in [0.2, 0.25) is 0 Å². The maximum atomic E-state index is 5.94. The van der Waals surface area contributed by atoms with Crippen LogP contribution in [0.15, 0.2) is 36.5 Å². The molecule has 1 aromatic carbocycles. The van der Waals surface area contributed by atoms with E-state index in [-0.39, 0.29) is 0 Å². The number of hydrogen-bond acceptors (Lipinski definition) is 4. The SMILES string of the molecule is COc1cc(CNc2ccc(I)cc2N)ccn1. The molecule has 0 radical (unpaired) electrons. The van der Waals surface area contributed by atoms with Crippen molar-refractivity contribution in [1.29, 1.82) is 0 Å². The Morgan fingerprint density at radius 3 is 2.89 bits per heavy atom. The summed E-state index contributed by atoms with van der Waals surface area (Å²) >= 11 is 2.24. The maximum Gasteiger partial charge on any atom is 0.213 e. The zero-order valence-corrected chi connectivity index (χ0v) is 12.1. The molecule has 0 aliphatic heterocycles. The fourth-order valence-electron chi connectivity index (χ4n) is 1.56. The molecule has 0 unspecified atom stereocenters. The van der Waals surface area contributed by atoms with E-state index in [9.17, 15) is 0 Å². The third-order valence-corrected chi connectivity index (χ3v) is 3.18. The van der Waals surface area contributed by atoms with Gasteiger partial charge in [-0.2, -0.15) is 0 Å².